The quantitative estimate of drug-likeness (QED) is 0.525. The van der Waals surface area contributed by atoms with Crippen molar-refractivity contribution in [2.45, 2.75) is 58.0 Å². The van der Waals surface area contributed by atoms with E-state index in [4.69, 9.17) is 9.73 Å². The van der Waals surface area contributed by atoms with E-state index in [0.29, 0.717) is 12.5 Å². The molecule has 32 heavy (non-hydrogen) atoms. The van der Waals surface area contributed by atoms with Gasteiger partial charge in [0.1, 0.15) is 0 Å². The molecule has 1 unspecified atom stereocenters. The summed E-state index contributed by atoms with van der Waals surface area (Å²) in [4.78, 5) is 22.1. The van der Waals surface area contributed by atoms with E-state index in [2.05, 4.69) is 51.6 Å². The molecule has 2 aliphatic heterocycles. The predicted molar refractivity (Wildman–Crippen MR) is 129 cm³/mol. The second-order valence-electron chi connectivity index (χ2n) is 9.21. The Labute approximate surface area is 192 Å². The number of guanidine groups is 1. The molecule has 4 rings (SSSR count). The van der Waals surface area contributed by atoms with E-state index < -0.39 is 0 Å². The van der Waals surface area contributed by atoms with Crippen LogP contribution in [-0.2, 0) is 16.1 Å². The lowest BCUT2D eigenvalue weighted by molar-refractivity contribution is -0.135. The number of benzene rings is 1. The van der Waals surface area contributed by atoms with Crippen molar-refractivity contribution in [3.8, 4) is 0 Å². The molecule has 2 N–H and O–H groups in total. The first-order chi connectivity index (χ1) is 15.7. The van der Waals surface area contributed by atoms with Gasteiger partial charge in [-0.1, -0.05) is 31.4 Å². The molecule has 7 heteroatoms. The molecule has 1 saturated carbocycles. The van der Waals surface area contributed by atoms with Gasteiger partial charge in [-0.2, -0.15) is 0 Å². The van der Waals surface area contributed by atoms with Gasteiger partial charge in [-0.25, -0.2) is 4.99 Å². The zero-order valence-corrected chi connectivity index (χ0v) is 19.5. The summed E-state index contributed by atoms with van der Waals surface area (Å²) in [7, 11) is 0. The lowest BCUT2D eigenvalue weighted by atomic mass is 9.88. The number of aliphatic imine (C=N–C) groups is 1. The molecule has 1 aliphatic carbocycles. The van der Waals surface area contributed by atoms with E-state index in [0.717, 1.165) is 71.2 Å². The Hall–Kier alpha value is -2.28. The van der Waals surface area contributed by atoms with Crippen molar-refractivity contribution in [3.63, 3.8) is 0 Å². The van der Waals surface area contributed by atoms with Gasteiger partial charge in [-0.05, 0) is 43.9 Å². The van der Waals surface area contributed by atoms with Gasteiger partial charge in [0.15, 0.2) is 5.96 Å². The smallest absolute Gasteiger partial charge is 0.225 e. The number of morpholine rings is 1. The number of hydrogen-bond donors (Lipinski definition) is 2. The van der Waals surface area contributed by atoms with Crippen molar-refractivity contribution in [2.75, 3.05) is 50.8 Å². The first-order valence-corrected chi connectivity index (χ1v) is 12.5. The molecule has 3 fully saturated rings. The van der Waals surface area contributed by atoms with Crippen LogP contribution in [0.5, 0.6) is 0 Å². The molecule has 7 nitrogen and oxygen atoms in total. The van der Waals surface area contributed by atoms with Crippen LogP contribution in [0.3, 0.4) is 0 Å². The Morgan fingerprint density at radius 2 is 1.81 bits per heavy atom. The van der Waals surface area contributed by atoms with Gasteiger partial charge < -0.3 is 25.2 Å². The maximum absolute atomic E-state index is 12.9. The standard InChI is InChI=1S/C25H39N5O2/c1-2-26-25(27-18-20-8-10-23(11-9-20)29-14-16-32-17-15-29)28-22-12-13-30(19-22)24(31)21-6-4-3-5-7-21/h8-11,21-22H,2-7,12-19H2,1H3,(H2,26,27,28). The molecular formula is C25H39N5O2. The van der Waals surface area contributed by atoms with Crippen LogP contribution in [0.1, 0.15) is 51.0 Å². The van der Waals surface area contributed by atoms with Crippen molar-refractivity contribution >= 4 is 17.6 Å². The Morgan fingerprint density at radius 3 is 2.53 bits per heavy atom. The van der Waals surface area contributed by atoms with Gasteiger partial charge in [0.25, 0.3) is 0 Å². The largest absolute Gasteiger partial charge is 0.378 e. The average Bonchev–Trinajstić information content (AvgIpc) is 3.32. The molecule has 176 valence electrons. The molecule has 3 aliphatic rings. The highest BCUT2D eigenvalue weighted by atomic mass is 16.5. The lowest BCUT2D eigenvalue weighted by Gasteiger charge is -2.28. The van der Waals surface area contributed by atoms with Crippen LogP contribution < -0.4 is 15.5 Å². The first kappa shape index (κ1) is 22.9. The predicted octanol–water partition coefficient (Wildman–Crippen LogP) is 2.76. The Morgan fingerprint density at radius 1 is 1.06 bits per heavy atom. The highest BCUT2D eigenvalue weighted by molar-refractivity contribution is 5.81. The van der Waals surface area contributed by atoms with Crippen molar-refractivity contribution in [1.82, 2.24) is 15.5 Å². The molecule has 1 aromatic rings. The van der Waals surface area contributed by atoms with E-state index in [1.165, 1.54) is 30.5 Å². The van der Waals surface area contributed by atoms with E-state index in [9.17, 15) is 4.79 Å². The number of amides is 1. The molecule has 0 spiro atoms. The number of carbonyl (C=O) groups is 1. The Kier molecular flexibility index (Phi) is 8.26. The zero-order chi connectivity index (χ0) is 22.2. The van der Waals surface area contributed by atoms with Crippen molar-refractivity contribution in [2.24, 2.45) is 10.9 Å². The number of ether oxygens (including phenoxy) is 1. The molecule has 0 bridgehead atoms. The van der Waals surface area contributed by atoms with Crippen LogP contribution in [0.15, 0.2) is 29.3 Å². The molecule has 0 radical (unpaired) electrons. The van der Waals surface area contributed by atoms with Gasteiger partial charge >= 0.3 is 0 Å². The van der Waals surface area contributed by atoms with Crippen molar-refractivity contribution in [1.29, 1.82) is 0 Å². The summed E-state index contributed by atoms with van der Waals surface area (Å²) in [6.07, 6.45) is 6.82. The number of hydrogen-bond acceptors (Lipinski definition) is 4. The number of nitrogens with zero attached hydrogens (tertiary/aromatic N) is 3. The fourth-order valence-corrected chi connectivity index (χ4v) is 5.00. The van der Waals surface area contributed by atoms with E-state index in [1.54, 1.807) is 0 Å². The summed E-state index contributed by atoms with van der Waals surface area (Å²) >= 11 is 0. The van der Waals surface area contributed by atoms with Crippen LogP contribution >= 0.6 is 0 Å². The summed E-state index contributed by atoms with van der Waals surface area (Å²) in [5.74, 6) is 1.46. The minimum atomic E-state index is 0.254. The fourth-order valence-electron chi connectivity index (χ4n) is 5.00. The third-order valence-corrected chi connectivity index (χ3v) is 6.87. The lowest BCUT2D eigenvalue weighted by Crippen LogP contribution is -2.45. The highest BCUT2D eigenvalue weighted by Gasteiger charge is 2.31. The summed E-state index contributed by atoms with van der Waals surface area (Å²) in [6, 6.07) is 8.96. The Balaban J connectivity index is 1.29. The van der Waals surface area contributed by atoms with Gasteiger partial charge in [-0.3, -0.25) is 4.79 Å². The molecular weight excluding hydrogens is 402 g/mol. The summed E-state index contributed by atoms with van der Waals surface area (Å²) < 4.78 is 5.44. The zero-order valence-electron chi connectivity index (χ0n) is 19.5. The molecule has 2 heterocycles. The normalized spacial score (nSPS) is 22.8. The molecule has 1 atom stereocenters. The summed E-state index contributed by atoms with van der Waals surface area (Å²) in [6.45, 7) is 8.69. The van der Waals surface area contributed by atoms with Crippen LogP contribution in [0.2, 0.25) is 0 Å². The van der Waals surface area contributed by atoms with Crippen molar-refractivity contribution in [3.05, 3.63) is 29.8 Å². The van der Waals surface area contributed by atoms with Crippen LogP contribution in [0.25, 0.3) is 0 Å². The maximum Gasteiger partial charge on any atom is 0.225 e. The number of anilines is 1. The van der Waals surface area contributed by atoms with Crippen LogP contribution in [0, 0.1) is 5.92 Å². The number of rotatable bonds is 6. The van der Waals surface area contributed by atoms with E-state index in [-0.39, 0.29) is 12.0 Å². The van der Waals surface area contributed by atoms with Gasteiger partial charge in [0.05, 0.1) is 19.8 Å². The third-order valence-electron chi connectivity index (χ3n) is 6.87. The van der Waals surface area contributed by atoms with Gasteiger partial charge in [0.2, 0.25) is 5.91 Å². The topological polar surface area (TPSA) is 69.2 Å². The van der Waals surface area contributed by atoms with E-state index in [1.807, 2.05) is 0 Å². The Bertz CT molecular complexity index is 754. The minimum absolute atomic E-state index is 0.254. The first-order valence-electron chi connectivity index (χ1n) is 12.5. The van der Waals surface area contributed by atoms with Gasteiger partial charge in [-0.15, -0.1) is 0 Å². The van der Waals surface area contributed by atoms with Gasteiger partial charge in [0, 0.05) is 50.4 Å². The molecule has 0 aromatic heterocycles. The third kappa shape index (κ3) is 6.15. The number of nitrogens with one attached hydrogen (secondary N) is 2. The van der Waals surface area contributed by atoms with Crippen molar-refractivity contribution < 1.29 is 9.53 Å². The minimum Gasteiger partial charge on any atom is -0.378 e. The van der Waals surface area contributed by atoms with Crippen LogP contribution in [-0.4, -0.2) is 68.7 Å². The highest BCUT2D eigenvalue weighted by Crippen LogP contribution is 2.26. The molecule has 2 saturated heterocycles. The average molecular weight is 442 g/mol. The second kappa shape index (κ2) is 11.5. The molecule has 1 amide bonds. The number of carbonyl (C=O) groups excluding carboxylic acids is 1. The molecule has 1 aromatic carbocycles. The van der Waals surface area contributed by atoms with Crippen LogP contribution in [0.4, 0.5) is 5.69 Å². The second-order valence-corrected chi connectivity index (χ2v) is 9.21. The number of likely N-dealkylation sites (tertiary alicyclic amines) is 1. The van der Waals surface area contributed by atoms with E-state index >= 15 is 0 Å². The summed E-state index contributed by atoms with van der Waals surface area (Å²) in [5.41, 5.74) is 2.44. The summed E-state index contributed by atoms with van der Waals surface area (Å²) in [5, 5.41) is 6.92. The SMILES string of the molecule is CCNC(=NCc1ccc(N2CCOCC2)cc1)NC1CCN(C(=O)C2CCCCC2)C1. The monoisotopic (exact) mass is 441 g/mol. The fraction of sp³-hybridized carbons (Fsp3) is 0.680. The maximum atomic E-state index is 12.9.